The van der Waals surface area contributed by atoms with Gasteiger partial charge in [-0.1, -0.05) is 0 Å². The van der Waals surface area contributed by atoms with Gasteiger partial charge in [0.2, 0.25) is 10.0 Å². The minimum absolute atomic E-state index is 0.0108. The van der Waals surface area contributed by atoms with Crippen LogP contribution in [0, 0.1) is 5.82 Å². The van der Waals surface area contributed by atoms with E-state index in [0.717, 1.165) is 16.4 Å². The van der Waals surface area contributed by atoms with Crippen LogP contribution in [0.4, 0.5) is 4.39 Å². The van der Waals surface area contributed by atoms with Crippen molar-refractivity contribution in [3.05, 3.63) is 30.1 Å². The van der Waals surface area contributed by atoms with Gasteiger partial charge in [-0.05, 0) is 31.2 Å². The van der Waals surface area contributed by atoms with Gasteiger partial charge >= 0.3 is 0 Å². The molecule has 0 aromatic heterocycles. The summed E-state index contributed by atoms with van der Waals surface area (Å²) < 4.78 is 37.6. The Morgan fingerprint density at radius 1 is 1.38 bits per heavy atom. The number of hydrogen-bond donors (Lipinski definition) is 1. The molecular weight excluding hydrogens is 233 g/mol. The van der Waals surface area contributed by atoms with E-state index in [-0.39, 0.29) is 11.5 Å². The molecule has 0 bridgehead atoms. The fourth-order valence-electron chi connectivity index (χ4n) is 1.12. The van der Waals surface area contributed by atoms with Crippen LogP contribution >= 0.6 is 0 Å². The Hall–Kier alpha value is -0.980. The molecule has 1 aromatic rings. The lowest BCUT2D eigenvalue weighted by Gasteiger charge is -2.22. The summed E-state index contributed by atoms with van der Waals surface area (Å²) in [6.45, 7) is 1.32. The molecule has 1 aromatic carbocycles. The van der Waals surface area contributed by atoms with Crippen LogP contribution in [0.1, 0.15) is 6.92 Å². The van der Waals surface area contributed by atoms with Crippen LogP contribution in [-0.2, 0) is 10.0 Å². The molecule has 1 N–H and O–H groups in total. The Morgan fingerprint density at radius 3 is 2.31 bits per heavy atom. The first-order valence-electron chi connectivity index (χ1n) is 4.74. The van der Waals surface area contributed by atoms with Crippen LogP contribution in [0.15, 0.2) is 29.2 Å². The zero-order valence-electron chi connectivity index (χ0n) is 9.09. The van der Waals surface area contributed by atoms with Gasteiger partial charge in [-0.15, -0.1) is 0 Å². The van der Waals surface area contributed by atoms with Crippen molar-refractivity contribution in [3.8, 4) is 0 Å². The topological polar surface area (TPSA) is 57.6 Å². The number of sulfonamides is 1. The minimum atomic E-state index is -3.66. The summed E-state index contributed by atoms with van der Waals surface area (Å²) in [5, 5.41) is 8.89. The van der Waals surface area contributed by atoms with Crippen molar-refractivity contribution >= 4 is 10.0 Å². The number of nitrogens with zero attached hydrogens (tertiary/aromatic N) is 1. The van der Waals surface area contributed by atoms with E-state index < -0.39 is 21.9 Å². The molecule has 16 heavy (non-hydrogen) atoms. The first kappa shape index (κ1) is 13.1. The third-order valence-electron chi connectivity index (χ3n) is 2.38. The van der Waals surface area contributed by atoms with Gasteiger partial charge in [0.25, 0.3) is 0 Å². The summed E-state index contributed by atoms with van der Waals surface area (Å²) in [5.74, 6) is -0.489. The van der Waals surface area contributed by atoms with E-state index in [1.54, 1.807) is 6.92 Å². The molecule has 4 nitrogen and oxygen atoms in total. The van der Waals surface area contributed by atoms with Crippen molar-refractivity contribution in [3.63, 3.8) is 0 Å². The monoisotopic (exact) mass is 247 g/mol. The largest absolute Gasteiger partial charge is 0.395 e. The predicted octanol–water partition coefficient (Wildman–Crippen LogP) is 0.827. The number of hydrogen-bond acceptors (Lipinski definition) is 3. The maximum Gasteiger partial charge on any atom is 0.243 e. The maximum absolute atomic E-state index is 12.7. The fourth-order valence-corrected chi connectivity index (χ4v) is 2.48. The molecule has 0 unspecified atom stereocenters. The highest BCUT2D eigenvalue weighted by Crippen LogP contribution is 2.16. The van der Waals surface area contributed by atoms with Crippen LogP contribution < -0.4 is 0 Å². The number of benzene rings is 1. The van der Waals surface area contributed by atoms with Crippen LogP contribution in [0.5, 0.6) is 0 Å². The van der Waals surface area contributed by atoms with E-state index in [0.29, 0.717) is 0 Å². The molecule has 0 spiro atoms. The summed E-state index contributed by atoms with van der Waals surface area (Å²) in [5.41, 5.74) is 0. The predicted molar refractivity (Wildman–Crippen MR) is 57.9 cm³/mol. The number of halogens is 1. The second kappa shape index (κ2) is 4.90. The summed E-state index contributed by atoms with van der Waals surface area (Å²) in [6, 6.07) is 4.06. The molecule has 90 valence electrons. The molecule has 0 saturated heterocycles. The van der Waals surface area contributed by atoms with E-state index in [2.05, 4.69) is 0 Å². The van der Waals surface area contributed by atoms with Gasteiger partial charge in [0.15, 0.2) is 0 Å². The Balaban J connectivity index is 3.07. The van der Waals surface area contributed by atoms with Crippen molar-refractivity contribution in [1.82, 2.24) is 4.31 Å². The minimum Gasteiger partial charge on any atom is -0.395 e. The third kappa shape index (κ3) is 2.58. The molecule has 0 heterocycles. The number of likely N-dealkylation sites (N-methyl/N-ethyl adjacent to an activating group) is 1. The van der Waals surface area contributed by atoms with Crippen LogP contribution in [0.25, 0.3) is 0 Å². The lowest BCUT2D eigenvalue weighted by Crippen LogP contribution is -2.37. The smallest absolute Gasteiger partial charge is 0.243 e. The third-order valence-corrected chi connectivity index (χ3v) is 4.36. The molecule has 1 atom stereocenters. The van der Waals surface area contributed by atoms with E-state index >= 15 is 0 Å². The molecular formula is C10H14FNO3S. The van der Waals surface area contributed by atoms with Gasteiger partial charge in [-0.2, -0.15) is 4.31 Å². The average Bonchev–Trinajstić information content (AvgIpc) is 2.27. The molecule has 0 aliphatic rings. The fraction of sp³-hybridized carbons (Fsp3) is 0.400. The molecule has 1 rings (SSSR count). The molecule has 6 heteroatoms. The average molecular weight is 247 g/mol. The van der Waals surface area contributed by atoms with E-state index in [9.17, 15) is 12.8 Å². The molecule has 0 fully saturated rings. The second-order valence-electron chi connectivity index (χ2n) is 3.51. The Bertz CT molecular complexity index is 444. The van der Waals surface area contributed by atoms with E-state index in [1.807, 2.05) is 0 Å². The number of aliphatic hydroxyl groups is 1. The molecule has 0 radical (unpaired) electrons. The van der Waals surface area contributed by atoms with Gasteiger partial charge < -0.3 is 5.11 Å². The van der Waals surface area contributed by atoms with Crippen molar-refractivity contribution in [2.45, 2.75) is 17.9 Å². The van der Waals surface area contributed by atoms with Crippen molar-refractivity contribution < 1.29 is 17.9 Å². The summed E-state index contributed by atoms with van der Waals surface area (Å²) in [7, 11) is -2.29. The molecule has 0 aliphatic heterocycles. The normalized spacial score (nSPS) is 14.1. The first-order valence-corrected chi connectivity index (χ1v) is 6.18. The molecule has 0 saturated carbocycles. The first-order chi connectivity index (χ1) is 7.39. The van der Waals surface area contributed by atoms with Crippen LogP contribution in [0.2, 0.25) is 0 Å². The SMILES string of the molecule is C[C@H](CO)N(C)S(=O)(=O)c1ccc(F)cc1. The van der Waals surface area contributed by atoms with Gasteiger partial charge in [-0.3, -0.25) is 0 Å². The second-order valence-corrected chi connectivity index (χ2v) is 5.50. The van der Waals surface area contributed by atoms with Crippen LogP contribution in [-0.4, -0.2) is 37.5 Å². The Kier molecular flexibility index (Phi) is 4.01. The van der Waals surface area contributed by atoms with Crippen LogP contribution in [0.3, 0.4) is 0 Å². The van der Waals surface area contributed by atoms with Crippen molar-refractivity contribution in [2.75, 3.05) is 13.7 Å². The van der Waals surface area contributed by atoms with Gasteiger partial charge in [0, 0.05) is 13.1 Å². The zero-order chi connectivity index (χ0) is 12.3. The highest BCUT2D eigenvalue weighted by Gasteiger charge is 2.24. The Morgan fingerprint density at radius 2 is 1.88 bits per heavy atom. The highest BCUT2D eigenvalue weighted by molar-refractivity contribution is 7.89. The zero-order valence-corrected chi connectivity index (χ0v) is 9.91. The lowest BCUT2D eigenvalue weighted by atomic mass is 10.4. The summed E-state index contributed by atoms with van der Waals surface area (Å²) in [4.78, 5) is 0.0108. The van der Waals surface area contributed by atoms with Crippen molar-refractivity contribution in [2.24, 2.45) is 0 Å². The standard InChI is InChI=1S/C10H14FNO3S/c1-8(7-13)12(2)16(14,15)10-5-3-9(11)4-6-10/h3-6,8,13H,7H2,1-2H3/t8-/m1/s1. The number of aliphatic hydroxyl groups excluding tert-OH is 1. The highest BCUT2D eigenvalue weighted by atomic mass is 32.2. The van der Waals surface area contributed by atoms with Gasteiger partial charge in [0.05, 0.1) is 11.5 Å². The van der Waals surface area contributed by atoms with Gasteiger partial charge in [-0.25, -0.2) is 12.8 Å². The molecule has 0 aliphatic carbocycles. The Labute approximate surface area is 94.4 Å². The summed E-state index contributed by atoms with van der Waals surface area (Å²) >= 11 is 0. The van der Waals surface area contributed by atoms with Crippen molar-refractivity contribution in [1.29, 1.82) is 0 Å². The lowest BCUT2D eigenvalue weighted by molar-refractivity contribution is 0.214. The van der Waals surface area contributed by atoms with Gasteiger partial charge in [0.1, 0.15) is 5.82 Å². The summed E-state index contributed by atoms with van der Waals surface area (Å²) in [6.07, 6.45) is 0. The molecule has 0 amide bonds. The maximum atomic E-state index is 12.7. The number of rotatable bonds is 4. The van der Waals surface area contributed by atoms with E-state index in [4.69, 9.17) is 5.11 Å². The quantitative estimate of drug-likeness (QED) is 0.857. The van der Waals surface area contributed by atoms with E-state index in [1.165, 1.54) is 19.2 Å².